The summed E-state index contributed by atoms with van der Waals surface area (Å²) in [5.74, 6) is 1.70. The van der Waals surface area contributed by atoms with Crippen molar-refractivity contribution in [2.45, 2.75) is 0 Å². The van der Waals surface area contributed by atoms with E-state index in [2.05, 4.69) is 10.3 Å². The van der Waals surface area contributed by atoms with Crippen molar-refractivity contribution in [1.82, 2.24) is 4.98 Å². The third-order valence-electron chi connectivity index (χ3n) is 3.04. The van der Waals surface area contributed by atoms with Gasteiger partial charge in [0.25, 0.3) is 0 Å². The lowest BCUT2D eigenvalue weighted by Gasteiger charge is -2.09. The van der Waals surface area contributed by atoms with Gasteiger partial charge >= 0.3 is 0 Å². The molecule has 0 saturated heterocycles. The molecule has 2 aromatic rings. The number of benzene rings is 1. The largest absolute Gasteiger partial charge is 0.454 e. The molecule has 110 valence electrons. The minimum Gasteiger partial charge on any atom is -0.454 e. The summed E-state index contributed by atoms with van der Waals surface area (Å²) in [5.41, 5.74) is 4.99. The van der Waals surface area contributed by atoms with Gasteiger partial charge in [-0.1, -0.05) is 0 Å². The van der Waals surface area contributed by atoms with E-state index in [4.69, 9.17) is 19.9 Å². The minimum atomic E-state index is -0.481. The lowest BCUT2D eigenvalue weighted by atomic mass is 10.1. The first-order chi connectivity index (χ1) is 10.2. The van der Waals surface area contributed by atoms with Gasteiger partial charge in [0.2, 0.25) is 12.7 Å². The van der Waals surface area contributed by atoms with Crippen LogP contribution >= 0.6 is 0 Å². The van der Waals surface area contributed by atoms with Crippen LogP contribution in [0.2, 0.25) is 0 Å². The SMILES string of the molecule is NC(=O)COCCNc1nccc2cc3c(cc12)OCO3. The van der Waals surface area contributed by atoms with Gasteiger partial charge in [-0.25, -0.2) is 4.98 Å². The van der Waals surface area contributed by atoms with Gasteiger partial charge in [0.15, 0.2) is 11.5 Å². The zero-order chi connectivity index (χ0) is 14.7. The van der Waals surface area contributed by atoms with Crippen molar-refractivity contribution in [1.29, 1.82) is 0 Å². The van der Waals surface area contributed by atoms with Gasteiger partial charge < -0.3 is 25.3 Å². The van der Waals surface area contributed by atoms with Crippen molar-refractivity contribution in [2.24, 2.45) is 5.73 Å². The quantitative estimate of drug-likeness (QED) is 0.766. The second-order valence-electron chi connectivity index (χ2n) is 4.53. The number of nitrogens with one attached hydrogen (secondary N) is 1. The lowest BCUT2D eigenvalue weighted by molar-refractivity contribution is -0.122. The summed E-state index contributed by atoms with van der Waals surface area (Å²) >= 11 is 0. The highest BCUT2D eigenvalue weighted by Gasteiger charge is 2.15. The molecule has 0 saturated carbocycles. The highest BCUT2D eigenvalue weighted by atomic mass is 16.7. The first-order valence-electron chi connectivity index (χ1n) is 6.52. The topological polar surface area (TPSA) is 95.7 Å². The molecule has 0 atom stereocenters. The smallest absolute Gasteiger partial charge is 0.243 e. The lowest BCUT2D eigenvalue weighted by Crippen LogP contribution is -2.20. The van der Waals surface area contributed by atoms with Crippen LogP contribution in [0.15, 0.2) is 24.4 Å². The fourth-order valence-corrected chi connectivity index (χ4v) is 2.12. The highest BCUT2D eigenvalue weighted by molar-refractivity contribution is 5.94. The van der Waals surface area contributed by atoms with Gasteiger partial charge in [-0.2, -0.15) is 0 Å². The number of anilines is 1. The van der Waals surface area contributed by atoms with E-state index in [9.17, 15) is 4.79 Å². The molecule has 0 unspecified atom stereocenters. The van der Waals surface area contributed by atoms with Crippen molar-refractivity contribution in [3.05, 3.63) is 24.4 Å². The maximum atomic E-state index is 10.6. The minimum absolute atomic E-state index is 0.0800. The average molecular weight is 289 g/mol. The van der Waals surface area contributed by atoms with Crippen LogP contribution in [0.4, 0.5) is 5.82 Å². The van der Waals surface area contributed by atoms with Gasteiger partial charge in [-0.15, -0.1) is 0 Å². The number of fused-ring (bicyclic) bond motifs is 2. The Morgan fingerprint density at radius 3 is 3.00 bits per heavy atom. The van der Waals surface area contributed by atoms with E-state index in [-0.39, 0.29) is 13.4 Å². The Bertz CT molecular complexity index is 675. The molecule has 0 aliphatic carbocycles. The third-order valence-corrected chi connectivity index (χ3v) is 3.04. The van der Waals surface area contributed by atoms with Gasteiger partial charge in [0.1, 0.15) is 12.4 Å². The molecule has 2 heterocycles. The number of hydrogen-bond acceptors (Lipinski definition) is 6. The Balaban J connectivity index is 1.72. The Kier molecular flexibility index (Phi) is 3.74. The van der Waals surface area contributed by atoms with E-state index >= 15 is 0 Å². The van der Waals surface area contributed by atoms with Crippen LogP contribution in [-0.2, 0) is 9.53 Å². The molecule has 3 N–H and O–H groups in total. The molecule has 0 fully saturated rings. The van der Waals surface area contributed by atoms with Crippen molar-refractivity contribution < 1.29 is 19.0 Å². The molecule has 1 aromatic carbocycles. The van der Waals surface area contributed by atoms with E-state index in [1.807, 2.05) is 18.2 Å². The molecule has 7 nitrogen and oxygen atoms in total. The second-order valence-corrected chi connectivity index (χ2v) is 4.53. The van der Waals surface area contributed by atoms with Gasteiger partial charge in [0.05, 0.1) is 6.61 Å². The summed E-state index contributed by atoms with van der Waals surface area (Å²) in [6.45, 7) is 1.05. The number of pyridine rings is 1. The van der Waals surface area contributed by atoms with Crippen LogP contribution in [0.3, 0.4) is 0 Å². The number of nitrogens with two attached hydrogens (primary N) is 1. The molecule has 0 spiro atoms. The van der Waals surface area contributed by atoms with Crippen molar-refractivity contribution in [2.75, 3.05) is 31.9 Å². The molecule has 0 bridgehead atoms. The molecule has 21 heavy (non-hydrogen) atoms. The highest BCUT2D eigenvalue weighted by Crippen LogP contribution is 2.37. The average Bonchev–Trinajstić information content (AvgIpc) is 2.91. The van der Waals surface area contributed by atoms with E-state index in [1.165, 1.54) is 0 Å². The third kappa shape index (κ3) is 2.97. The number of carbonyl (C=O) groups excluding carboxylic acids is 1. The second kappa shape index (κ2) is 5.84. The molecule has 1 amide bonds. The molecular formula is C14H15N3O4. The van der Waals surface area contributed by atoms with E-state index in [0.29, 0.717) is 18.9 Å². The van der Waals surface area contributed by atoms with Crippen LogP contribution in [0.5, 0.6) is 11.5 Å². The normalized spacial score (nSPS) is 12.6. The van der Waals surface area contributed by atoms with Crippen LogP contribution < -0.4 is 20.5 Å². The van der Waals surface area contributed by atoms with Crippen LogP contribution in [0.1, 0.15) is 0 Å². The van der Waals surface area contributed by atoms with E-state index in [1.54, 1.807) is 6.20 Å². The predicted molar refractivity (Wildman–Crippen MR) is 76.4 cm³/mol. The molecule has 1 aromatic heterocycles. The number of rotatable bonds is 6. The summed E-state index contributed by atoms with van der Waals surface area (Å²) in [4.78, 5) is 14.9. The van der Waals surface area contributed by atoms with Crippen LogP contribution in [0.25, 0.3) is 10.8 Å². The zero-order valence-electron chi connectivity index (χ0n) is 11.3. The van der Waals surface area contributed by atoms with Gasteiger partial charge in [-0.3, -0.25) is 4.79 Å². The molecule has 1 aliphatic rings. The van der Waals surface area contributed by atoms with E-state index in [0.717, 1.165) is 22.3 Å². The summed E-state index contributed by atoms with van der Waals surface area (Å²) in [7, 11) is 0. The molecule has 1 aliphatic heterocycles. The summed E-state index contributed by atoms with van der Waals surface area (Å²) in [6, 6.07) is 5.73. The van der Waals surface area contributed by atoms with Gasteiger partial charge in [-0.05, 0) is 23.6 Å². The first kappa shape index (κ1) is 13.4. The van der Waals surface area contributed by atoms with Crippen LogP contribution in [0, 0.1) is 0 Å². The maximum absolute atomic E-state index is 10.6. The number of ether oxygens (including phenoxy) is 3. The standard InChI is InChI=1S/C14H15N3O4/c15-13(18)7-19-4-3-17-14-10-6-12-11(20-8-21-12)5-9(10)1-2-16-14/h1-2,5-6H,3-4,7-8H2,(H2,15,18)(H,16,17). The monoisotopic (exact) mass is 289 g/mol. The van der Waals surface area contributed by atoms with Gasteiger partial charge in [0, 0.05) is 18.1 Å². The summed E-state index contributed by atoms with van der Waals surface area (Å²) in [5, 5.41) is 5.12. The van der Waals surface area contributed by atoms with Crippen molar-refractivity contribution in [3.63, 3.8) is 0 Å². The van der Waals surface area contributed by atoms with Crippen molar-refractivity contribution >= 4 is 22.5 Å². The number of amides is 1. The molecule has 0 radical (unpaired) electrons. The van der Waals surface area contributed by atoms with E-state index < -0.39 is 5.91 Å². The van der Waals surface area contributed by atoms with Crippen molar-refractivity contribution in [3.8, 4) is 11.5 Å². The van der Waals surface area contributed by atoms with Crippen LogP contribution in [-0.4, -0.2) is 37.4 Å². The molecular weight excluding hydrogens is 274 g/mol. The first-order valence-corrected chi connectivity index (χ1v) is 6.52. The Labute approximate surface area is 121 Å². The number of aromatic nitrogens is 1. The summed E-state index contributed by atoms with van der Waals surface area (Å²) < 4.78 is 15.8. The predicted octanol–water partition coefficient (Wildman–Crippen LogP) is 0.877. The fraction of sp³-hybridized carbons (Fsp3) is 0.286. The summed E-state index contributed by atoms with van der Waals surface area (Å²) in [6.07, 6.45) is 1.72. The Morgan fingerprint density at radius 1 is 1.38 bits per heavy atom. The maximum Gasteiger partial charge on any atom is 0.243 e. The number of nitrogens with zero attached hydrogens (tertiary/aromatic N) is 1. The Hall–Kier alpha value is -2.54. The Morgan fingerprint density at radius 2 is 2.19 bits per heavy atom. The molecule has 3 rings (SSSR count). The molecule has 7 heteroatoms. The number of carbonyl (C=O) groups is 1. The zero-order valence-corrected chi connectivity index (χ0v) is 11.3. The number of hydrogen-bond donors (Lipinski definition) is 2. The number of primary amides is 1. The fourth-order valence-electron chi connectivity index (χ4n) is 2.12.